The molecular weight excluding hydrogens is 378 g/mol. The lowest BCUT2D eigenvalue weighted by atomic mass is 10.2. The second kappa shape index (κ2) is 8.12. The van der Waals surface area contributed by atoms with Gasteiger partial charge in [-0.2, -0.15) is 0 Å². The van der Waals surface area contributed by atoms with E-state index in [0.29, 0.717) is 21.3 Å². The standard InChI is InChI=1S/C18H13Cl2FN4O/c19-12-5-3-6-13(20)16(12)25-17(26)15-8-9-22-18(24-15)23-10-11-4-1-2-7-14(11)21/h1-9H,10H2,(H,25,26)(H,22,23,24). The minimum atomic E-state index is -0.489. The molecule has 1 amide bonds. The minimum absolute atomic E-state index is 0.118. The third-order valence-corrected chi connectivity index (χ3v) is 4.11. The lowest BCUT2D eigenvalue weighted by molar-refractivity contribution is 0.102. The first kappa shape index (κ1) is 18.1. The Morgan fingerprint density at radius 1 is 1.04 bits per heavy atom. The van der Waals surface area contributed by atoms with Crippen LogP contribution >= 0.6 is 23.2 Å². The number of aromatic nitrogens is 2. The number of benzene rings is 2. The van der Waals surface area contributed by atoms with Crippen LogP contribution in [0.5, 0.6) is 0 Å². The third kappa shape index (κ3) is 4.28. The van der Waals surface area contributed by atoms with Crippen LogP contribution in [-0.2, 0) is 6.54 Å². The predicted octanol–water partition coefficient (Wildman–Crippen LogP) is 4.79. The predicted molar refractivity (Wildman–Crippen MR) is 100 cm³/mol. The van der Waals surface area contributed by atoms with Gasteiger partial charge in [0, 0.05) is 18.3 Å². The number of rotatable bonds is 5. The first-order valence-corrected chi connectivity index (χ1v) is 8.36. The van der Waals surface area contributed by atoms with Crippen LogP contribution in [-0.4, -0.2) is 15.9 Å². The van der Waals surface area contributed by atoms with Crippen molar-refractivity contribution < 1.29 is 9.18 Å². The van der Waals surface area contributed by atoms with Gasteiger partial charge in [0.1, 0.15) is 11.5 Å². The summed E-state index contributed by atoms with van der Waals surface area (Å²) in [6.07, 6.45) is 1.43. The van der Waals surface area contributed by atoms with Gasteiger partial charge in [-0.05, 0) is 24.3 Å². The summed E-state index contributed by atoms with van der Waals surface area (Å²) in [6, 6.07) is 12.7. The molecule has 0 aliphatic carbocycles. The van der Waals surface area contributed by atoms with Crippen LogP contribution in [0, 0.1) is 5.82 Å². The van der Waals surface area contributed by atoms with Crippen LogP contribution in [0.1, 0.15) is 16.1 Å². The summed E-state index contributed by atoms with van der Waals surface area (Å²) >= 11 is 12.1. The Hall–Kier alpha value is -2.70. The van der Waals surface area contributed by atoms with Crippen molar-refractivity contribution in [2.75, 3.05) is 10.6 Å². The van der Waals surface area contributed by atoms with Gasteiger partial charge in [-0.3, -0.25) is 4.79 Å². The van der Waals surface area contributed by atoms with Gasteiger partial charge >= 0.3 is 0 Å². The summed E-state index contributed by atoms with van der Waals surface area (Å²) < 4.78 is 13.6. The van der Waals surface area contributed by atoms with Gasteiger partial charge in [0.05, 0.1) is 15.7 Å². The molecule has 0 atom stereocenters. The summed E-state index contributed by atoms with van der Waals surface area (Å²) in [5.74, 6) is -0.621. The molecule has 0 radical (unpaired) electrons. The average Bonchev–Trinajstić information content (AvgIpc) is 2.64. The van der Waals surface area contributed by atoms with Gasteiger partial charge in [0.25, 0.3) is 5.91 Å². The van der Waals surface area contributed by atoms with E-state index >= 15 is 0 Å². The normalized spacial score (nSPS) is 10.4. The molecule has 0 fully saturated rings. The smallest absolute Gasteiger partial charge is 0.274 e. The summed E-state index contributed by atoms with van der Waals surface area (Å²) in [4.78, 5) is 20.6. The number of halogens is 3. The molecule has 1 heterocycles. The topological polar surface area (TPSA) is 66.9 Å². The molecule has 26 heavy (non-hydrogen) atoms. The van der Waals surface area contributed by atoms with Crippen LogP contribution in [0.4, 0.5) is 16.0 Å². The number of hydrogen-bond donors (Lipinski definition) is 2. The molecule has 132 valence electrons. The first-order valence-electron chi connectivity index (χ1n) is 7.60. The van der Waals surface area contributed by atoms with E-state index in [2.05, 4.69) is 20.6 Å². The second-order valence-electron chi connectivity index (χ2n) is 5.26. The van der Waals surface area contributed by atoms with E-state index in [4.69, 9.17) is 23.2 Å². The average molecular weight is 391 g/mol. The van der Waals surface area contributed by atoms with Crippen LogP contribution in [0.3, 0.4) is 0 Å². The number of carbonyl (C=O) groups excluding carboxylic acids is 1. The lowest BCUT2D eigenvalue weighted by Gasteiger charge is -2.10. The molecule has 2 N–H and O–H groups in total. The minimum Gasteiger partial charge on any atom is -0.350 e. The molecule has 1 aromatic heterocycles. The van der Waals surface area contributed by atoms with Crippen molar-refractivity contribution in [3.63, 3.8) is 0 Å². The summed E-state index contributed by atoms with van der Waals surface area (Å²) in [7, 11) is 0. The number of nitrogens with zero attached hydrogens (tertiary/aromatic N) is 2. The van der Waals surface area contributed by atoms with Crippen molar-refractivity contribution in [2.24, 2.45) is 0 Å². The van der Waals surface area contributed by atoms with E-state index in [0.717, 1.165) is 0 Å². The molecule has 3 rings (SSSR count). The monoisotopic (exact) mass is 390 g/mol. The summed E-state index contributed by atoms with van der Waals surface area (Å²) in [5, 5.41) is 6.15. The summed E-state index contributed by atoms with van der Waals surface area (Å²) in [5.41, 5.74) is 0.890. The molecule has 0 spiro atoms. The van der Waals surface area contributed by atoms with Gasteiger partial charge in [0.15, 0.2) is 0 Å². The van der Waals surface area contributed by atoms with E-state index in [1.54, 1.807) is 36.4 Å². The van der Waals surface area contributed by atoms with Gasteiger partial charge in [-0.25, -0.2) is 14.4 Å². The highest BCUT2D eigenvalue weighted by Crippen LogP contribution is 2.30. The molecule has 0 unspecified atom stereocenters. The number of carbonyl (C=O) groups is 1. The van der Waals surface area contributed by atoms with Crippen molar-refractivity contribution in [3.05, 3.63) is 81.8 Å². The zero-order valence-electron chi connectivity index (χ0n) is 13.3. The van der Waals surface area contributed by atoms with Crippen LogP contribution < -0.4 is 10.6 Å². The zero-order chi connectivity index (χ0) is 18.5. The maximum absolute atomic E-state index is 13.6. The largest absolute Gasteiger partial charge is 0.350 e. The highest BCUT2D eigenvalue weighted by Gasteiger charge is 2.13. The highest BCUT2D eigenvalue weighted by molar-refractivity contribution is 6.40. The fourth-order valence-corrected chi connectivity index (χ4v) is 2.67. The van der Waals surface area contributed by atoms with Gasteiger partial charge in [-0.1, -0.05) is 47.5 Å². The summed E-state index contributed by atoms with van der Waals surface area (Å²) in [6.45, 7) is 0.189. The van der Waals surface area contributed by atoms with Crippen molar-refractivity contribution in [1.29, 1.82) is 0 Å². The Kier molecular flexibility index (Phi) is 5.65. The molecule has 2 aromatic carbocycles. The SMILES string of the molecule is O=C(Nc1c(Cl)cccc1Cl)c1ccnc(NCc2ccccc2F)n1. The van der Waals surface area contributed by atoms with Crippen molar-refractivity contribution in [1.82, 2.24) is 9.97 Å². The van der Waals surface area contributed by atoms with Crippen molar-refractivity contribution in [3.8, 4) is 0 Å². The molecule has 3 aromatic rings. The van der Waals surface area contributed by atoms with E-state index in [9.17, 15) is 9.18 Å². The number of hydrogen-bond acceptors (Lipinski definition) is 4. The quantitative estimate of drug-likeness (QED) is 0.657. The molecule has 0 saturated carbocycles. The third-order valence-electron chi connectivity index (χ3n) is 3.48. The molecule has 0 saturated heterocycles. The number of anilines is 2. The fraction of sp³-hybridized carbons (Fsp3) is 0.0556. The van der Waals surface area contributed by atoms with Crippen LogP contribution in [0.25, 0.3) is 0 Å². The van der Waals surface area contributed by atoms with Gasteiger partial charge < -0.3 is 10.6 Å². The maximum Gasteiger partial charge on any atom is 0.274 e. The fourth-order valence-electron chi connectivity index (χ4n) is 2.18. The number of nitrogens with one attached hydrogen (secondary N) is 2. The Labute approximate surface area is 159 Å². The van der Waals surface area contributed by atoms with Gasteiger partial charge in [0.2, 0.25) is 5.95 Å². The first-order chi connectivity index (χ1) is 12.5. The van der Waals surface area contributed by atoms with E-state index in [1.807, 2.05) is 0 Å². The van der Waals surface area contributed by atoms with Crippen molar-refractivity contribution >= 4 is 40.7 Å². The van der Waals surface area contributed by atoms with Gasteiger partial charge in [-0.15, -0.1) is 0 Å². The second-order valence-corrected chi connectivity index (χ2v) is 6.08. The highest BCUT2D eigenvalue weighted by atomic mass is 35.5. The number of amides is 1. The molecular formula is C18H13Cl2FN4O. The van der Waals surface area contributed by atoms with Crippen molar-refractivity contribution in [2.45, 2.75) is 6.54 Å². The zero-order valence-corrected chi connectivity index (χ0v) is 14.9. The van der Waals surface area contributed by atoms with Crippen LogP contribution in [0.15, 0.2) is 54.7 Å². The van der Waals surface area contributed by atoms with E-state index < -0.39 is 5.91 Å². The Morgan fingerprint density at radius 3 is 2.50 bits per heavy atom. The Bertz CT molecular complexity index is 932. The van der Waals surface area contributed by atoms with Crippen LogP contribution in [0.2, 0.25) is 10.0 Å². The molecule has 8 heteroatoms. The lowest BCUT2D eigenvalue weighted by Crippen LogP contribution is -2.16. The Balaban J connectivity index is 1.72. The molecule has 5 nitrogen and oxygen atoms in total. The Morgan fingerprint density at radius 2 is 1.77 bits per heavy atom. The molecule has 0 bridgehead atoms. The van der Waals surface area contributed by atoms with E-state index in [-0.39, 0.29) is 24.0 Å². The number of para-hydroxylation sites is 1. The molecule has 0 aliphatic heterocycles. The molecule has 0 aliphatic rings. The van der Waals surface area contributed by atoms with E-state index in [1.165, 1.54) is 18.3 Å². The maximum atomic E-state index is 13.6.